The van der Waals surface area contributed by atoms with Crippen molar-refractivity contribution in [2.45, 2.75) is 25.4 Å². The van der Waals surface area contributed by atoms with Gasteiger partial charge in [-0.25, -0.2) is 0 Å². The van der Waals surface area contributed by atoms with Gasteiger partial charge in [0.15, 0.2) is 0 Å². The molecular formula is C17H21BrN2O. The Hall–Kier alpha value is -1.10. The zero-order valence-corrected chi connectivity index (χ0v) is 13.9. The molecule has 4 heteroatoms. The van der Waals surface area contributed by atoms with E-state index in [0.717, 1.165) is 28.1 Å². The third-order valence-electron chi connectivity index (χ3n) is 4.05. The highest BCUT2D eigenvalue weighted by atomic mass is 79.9. The van der Waals surface area contributed by atoms with Crippen molar-refractivity contribution in [2.75, 3.05) is 20.1 Å². The Morgan fingerprint density at radius 3 is 2.81 bits per heavy atom. The molecule has 1 aromatic carbocycles. The molecule has 0 bridgehead atoms. The van der Waals surface area contributed by atoms with Crippen LogP contribution in [0.1, 0.15) is 18.6 Å². The molecule has 3 rings (SSSR count). The molecule has 2 heterocycles. The molecule has 0 amide bonds. The molecular weight excluding hydrogens is 328 g/mol. The van der Waals surface area contributed by atoms with Crippen LogP contribution in [-0.4, -0.2) is 31.1 Å². The van der Waals surface area contributed by atoms with Crippen molar-refractivity contribution in [3.05, 3.63) is 46.6 Å². The molecule has 1 aliphatic rings. The van der Waals surface area contributed by atoms with E-state index in [-0.39, 0.29) is 0 Å². The molecule has 112 valence electrons. The summed E-state index contributed by atoms with van der Waals surface area (Å²) in [5.41, 5.74) is 1.11. The summed E-state index contributed by atoms with van der Waals surface area (Å²) in [5.74, 6) is 1.93. The van der Waals surface area contributed by atoms with Gasteiger partial charge in [0.2, 0.25) is 0 Å². The average Bonchev–Trinajstić information content (AvgIpc) is 2.96. The normalized spacial score (nSPS) is 17.2. The van der Waals surface area contributed by atoms with Crippen molar-refractivity contribution in [2.24, 2.45) is 0 Å². The summed E-state index contributed by atoms with van der Waals surface area (Å²) < 4.78 is 7.01. The molecule has 2 aromatic rings. The van der Waals surface area contributed by atoms with Crippen LogP contribution in [0.5, 0.6) is 0 Å². The average molecular weight is 349 g/mol. The number of halogens is 1. The highest BCUT2D eigenvalue weighted by Gasteiger charge is 2.16. The second-order valence-electron chi connectivity index (χ2n) is 5.73. The standard InChI is InChI=1S/C17H21BrN2O/c1-20-9-7-15(8-10-20)19-12-16-5-6-17(21-16)13-3-2-4-14(18)11-13/h2-6,11,15,19H,7-10,12H2,1H3. The highest BCUT2D eigenvalue weighted by Crippen LogP contribution is 2.25. The second-order valence-corrected chi connectivity index (χ2v) is 6.65. The van der Waals surface area contributed by atoms with Gasteiger partial charge in [-0.15, -0.1) is 0 Å². The van der Waals surface area contributed by atoms with E-state index in [9.17, 15) is 0 Å². The van der Waals surface area contributed by atoms with Gasteiger partial charge < -0.3 is 14.6 Å². The van der Waals surface area contributed by atoms with Crippen molar-refractivity contribution < 1.29 is 4.42 Å². The fraction of sp³-hybridized carbons (Fsp3) is 0.412. The molecule has 0 spiro atoms. The monoisotopic (exact) mass is 348 g/mol. The molecule has 1 aromatic heterocycles. The lowest BCUT2D eigenvalue weighted by molar-refractivity contribution is 0.231. The number of furan rings is 1. The maximum Gasteiger partial charge on any atom is 0.134 e. The lowest BCUT2D eigenvalue weighted by Crippen LogP contribution is -2.40. The number of likely N-dealkylation sites (tertiary alicyclic amines) is 1. The summed E-state index contributed by atoms with van der Waals surface area (Å²) in [6.45, 7) is 3.17. The molecule has 0 saturated carbocycles. The lowest BCUT2D eigenvalue weighted by atomic mass is 10.1. The predicted molar refractivity (Wildman–Crippen MR) is 89.2 cm³/mol. The van der Waals surface area contributed by atoms with Crippen LogP contribution in [0.15, 0.2) is 45.3 Å². The van der Waals surface area contributed by atoms with Crippen molar-refractivity contribution in [3.8, 4) is 11.3 Å². The zero-order chi connectivity index (χ0) is 14.7. The van der Waals surface area contributed by atoms with E-state index in [1.165, 1.54) is 25.9 Å². The van der Waals surface area contributed by atoms with Crippen molar-refractivity contribution in [1.82, 2.24) is 10.2 Å². The smallest absolute Gasteiger partial charge is 0.134 e. The van der Waals surface area contributed by atoms with E-state index in [1.54, 1.807) is 0 Å². The molecule has 1 N–H and O–H groups in total. The number of nitrogens with one attached hydrogen (secondary N) is 1. The summed E-state index contributed by atoms with van der Waals surface area (Å²) in [6.07, 6.45) is 2.44. The van der Waals surface area contributed by atoms with E-state index in [2.05, 4.69) is 51.4 Å². The first kappa shape index (κ1) is 14.8. The van der Waals surface area contributed by atoms with Gasteiger partial charge in [0.25, 0.3) is 0 Å². The van der Waals surface area contributed by atoms with Gasteiger partial charge in [-0.05, 0) is 57.2 Å². The Morgan fingerprint density at radius 1 is 1.24 bits per heavy atom. The quantitative estimate of drug-likeness (QED) is 0.908. The maximum atomic E-state index is 5.94. The van der Waals surface area contributed by atoms with Crippen LogP contribution in [0.3, 0.4) is 0 Å². The van der Waals surface area contributed by atoms with E-state index in [1.807, 2.05) is 18.2 Å². The fourth-order valence-electron chi connectivity index (χ4n) is 2.73. The SMILES string of the molecule is CN1CCC(NCc2ccc(-c3cccc(Br)c3)o2)CC1. The van der Waals surface area contributed by atoms with Gasteiger partial charge in [-0.1, -0.05) is 28.1 Å². The Kier molecular flexibility index (Phi) is 4.78. The Labute approximate surface area is 134 Å². The molecule has 0 aliphatic carbocycles. The Morgan fingerprint density at radius 2 is 2.05 bits per heavy atom. The lowest BCUT2D eigenvalue weighted by Gasteiger charge is -2.29. The predicted octanol–water partition coefficient (Wildman–Crippen LogP) is 3.89. The molecule has 1 saturated heterocycles. The number of rotatable bonds is 4. The van der Waals surface area contributed by atoms with Gasteiger partial charge in [0, 0.05) is 16.1 Å². The van der Waals surface area contributed by atoms with Crippen LogP contribution in [-0.2, 0) is 6.54 Å². The summed E-state index contributed by atoms with van der Waals surface area (Å²) in [6, 6.07) is 12.9. The van der Waals surface area contributed by atoms with Crippen molar-refractivity contribution in [3.63, 3.8) is 0 Å². The van der Waals surface area contributed by atoms with E-state index < -0.39 is 0 Å². The van der Waals surface area contributed by atoms with E-state index in [0.29, 0.717) is 6.04 Å². The Bertz CT molecular complexity index is 588. The minimum Gasteiger partial charge on any atom is -0.460 e. The van der Waals surface area contributed by atoms with Crippen molar-refractivity contribution in [1.29, 1.82) is 0 Å². The molecule has 0 unspecified atom stereocenters. The number of benzene rings is 1. The molecule has 21 heavy (non-hydrogen) atoms. The van der Waals surface area contributed by atoms with Gasteiger partial charge in [-0.2, -0.15) is 0 Å². The van der Waals surface area contributed by atoms with Crippen LogP contribution < -0.4 is 5.32 Å². The minimum atomic E-state index is 0.612. The van der Waals surface area contributed by atoms with Crippen LogP contribution in [0.25, 0.3) is 11.3 Å². The minimum absolute atomic E-state index is 0.612. The van der Waals surface area contributed by atoms with Crippen LogP contribution in [0, 0.1) is 0 Å². The number of piperidine rings is 1. The van der Waals surface area contributed by atoms with Crippen LogP contribution in [0.4, 0.5) is 0 Å². The number of hydrogen-bond donors (Lipinski definition) is 1. The number of hydrogen-bond acceptors (Lipinski definition) is 3. The summed E-state index contributed by atoms with van der Waals surface area (Å²) in [5, 5.41) is 3.60. The highest BCUT2D eigenvalue weighted by molar-refractivity contribution is 9.10. The summed E-state index contributed by atoms with van der Waals surface area (Å²) in [7, 11) is 2.19. The van der Waals surface area contributed by atoms with Crippen LogP contribution in [0.2, 0.25) is 0 Å². The first-order chi connectivity index (χ1) is 10.2. The van der Waals surface area contributed by atoms with Gasteiger partial charge in [0.05, 0.1) is 6.54 Å². The summed E-state index contributed by atoms with van der Waals surface area (Å²) in [4.78, 5) is 2.39. The number of nitrogens with zero attached hydrogens (tertiary/aromatic N) is 1. The molecule has 0 atom stereocenters. The second kappa shape index (κ2) is 6.77. The third-order valence-corrected chi connectivity index (χ3v) is 4.55. The maximum absolute atomic E-state index is 5.94. The molecule has 3 nitrogen and oxygen atoms in total. The Balaban J connectivity index is 1.58. The van der Waals surface area contributed by atoms with Gasteiger partial charge in [0.1, 0.15) is 11.5 Å². The fourth-order valence-corrected chi connectivity index (χ4v) is 3.13. The van der Waals surface area contributed by atoms with Gasteiger partial charge >= 0.3 is 0 Å². The van der Waals surface area contributed by atoms with Crippen LogP contribution >= 0.6 is 15.9 Å². The first-order valence-electron chi connectivity index (χ1n) is 7.47. The van der Waals surface area contributed by atoms with Crippen molar-refractivity contribution >= 4 is 15.9 Å². The van der Waals surface area contributed by atoms with E-state index in [4.69, 9.17) is 4.42 Å². The summed E-state index contributed by atoms with van der Waals surface area (Å²) >= 11 is 3.50. The zero-order valence-electron chi connectivity index (χ0n) is 12.3. The molecule has 1 aliphatic heterocycles. The van der Waals surface area contributed by atoms with E-state index >= 15 is 0 Å². The third kappa shape index (κ3) is 3.96. The first-order valence-corrected chi connectivity index (χ1v) is 8.26. The van der Waals surface area contributed by atoms with Gasteiger partial charge in [-0.3, -0.25) is 0 Å². The largest absolute Gasteiger partial charge is 0.460 e. The molecule has 1 fully saturated rings. The topological polar surface area (TPSA) is 28.4 Å². The molecule has 0 radical (unpaired) electrons.